The minimum Gasteiger partial charge on any atom is -0.229 e. The lowest BCUT2D eigenvalue weighted by Crippen LogP contribution is -2.36. The molecule has 7 heteroatoms. The third kappa shape index (κ3) is 3.21. The average Bonchev–Trinajstić information content (AvgIpc) is 2.62. The fourth-order valence-electron chi connectivity index (χ4n) is 2.39. The summed E-state index contributed by atoms with van der Waals surface area (Å²) in [7, 11) is -6.78. The summed E-state index contributed by atoms with van der Waals surface area (Å²) in [5.74, 6) is -0.0672. The number of benzene rings is 1. The Labute approximate surface area is 120 Å². The SMILES string of the molecule is Cc1cc(C)c(S(=O)(=O)N[C@H]2CCS(=O)(=O)C2)cc1C. The van der Waals surface area contributed by atoms with Gasteiger partial charge in [0.2, 0.25) is 10.0 Å². The second-order valence-electron chi connectivity index (χ2n) is 5.42. The molecule has 1 aromatic carbocycles. The molecule has 20 heavy (non-hydrogen) atoms. The number of sulfonamides is 1. The number of nitrogens with one attached hydrogen (secondary N) is 1. The summed E-state index contributed by atoms with van der Waals surface area (Å²) in [6, 6.07) is 2.94. The number of aryl methyl sites for hydroxylation is 3. The Kier molecular flexibility index (Phi) is 3.96. The Morgan fingerprint density at radius 1 is 1.10 bits per heavy atom. The zero-order chi connectivity index (χ0) is 15.1. The molecule has 1 heterocycles. The van der Waals surface area contributed by atoms with Crippen molar-refractivity contribution in [1.82, 2.24) is 4.72 Å². The van der Waals surface area contributed by atoms with Crippen molar-refractivity contribution < 1.29 is 16.8 Å². The van der Waals surface area contributed by atoms with E-state index in [0.29, 0.717) is 12.0 Å². The van der Waals surface area contributed by atoms with Gasteiger partial charge in [-0.3, -0.25) is 0 Å². The molecule has 0 aliphatic carbocycles. The standard InChI is InChI=1S/C13H19NO4S2/c1-9-6-11(3)13(7-10(9)2)20(17,18)14-12-4-5-19(15,16)8-12/h6-7,12,14H,4-5,8H2,1-3H3/t12-/m0/s1. The predicted octanol–water partition coefficient (Wildman–Crippen LogP) is 1.08. The maximum atomic E-state index is 12.4. The first-order valence-corrected chi connectivity index (χ1v) is 9.72. The van der Waals surface area contributed by atoms with Gasteiger partial charge in [0.25, 0.3) is 0 Å². The van der Waals surface area contributed by atoms with Gasteiger partial charge in [-0.25, -0.2) is 21.6 Å². The van der Waals surface area contributed by atoms with Gasteiger partial charge in [0.05, 0.1) is 16.4 Å². The first-order valence-electron chi connectivity index (χ1n) is 6.41. The van der Waals surface area contributed by atoms with E-state index in [-0.39, 0.29) is 16.4 Å². The number of hydrogen-bond donors (Lipinski definition) is 1. The summed E-state index contributed by atoms with van der Waals surface area (Å²) in [5.41, 5.74) is 2.60. The first kappa shape index (κ1) is 15.5. The molecule has 0 unspecified atom stereocenters. The van der Waals surface area contributed by atoms with Crippen molar-refractivity contribution in [3.05, 3.63) is 28.8 Å². The van der Waals surface area contributed by atoms with Crippen LogP contribution in [-0.2, 0) is 19.9 Å². The average molecular weight is 317 g/mol. The van der Waals surface area contributed by atoms with Gasteiger partial charge in [-0.2, -0.15) is 0 Å². The molecule has 0 amide bonds. The fraction of sp³-hybridized carbons (Fsp3) is 0.538. The van der Waals surface area contributed by atoms with Gasteiger partial charge in [0.15, 0.2) is 9.84 Å². The van der Waals surface area contributed by atoms with Gasteiger partial charge in [-0.15, -0.1) is 0 Å². The lowest BCUT2D eigenvalue weighted by Gasteiger charge is -2.15. The molecule has 1 aromatic rings. The zero-order valence-electron chi connectivity index (χ0n) is 11.8. The molecule has 1 aliphatic rings. The molecule has 0 radical (unpaired) electrons. The Morgan fingerprint density at radius 3 is 2.25 bits per heavy atom. The van der Waals surface area contributed by atoms with E-state index in [1.165, 1.54) is 0 Å². The highest BCUT2D eigenvalue weighted by Crippen LogP contribution is 2.21. The zero-order valence-corrected chi connectivity index (χ0v) is 13.4. The van der Waals surface area contributed by atoms with Crippen LogP contribution in [0.25, 0.3) is 0 Å². The van der Waals surface area contributed by atoms with Crippen molar-refractivity contribution in [2.45, 2.75) is 38.1 Å². The van der Waals surface area contributed by atoms with E-state index in [2.05, 4.69) is 4.72 Å². The molecule has 0 bridgehead atoms. The van der Waals surface area contributed by atoms with Gasteiger partial charge in [-0.1, -0.05) is 6.07 Å². The molecule has 0 spiro atoms. The number of sulfone groups is 1. The summed E-state index contributed by atoms with van der Waals surface area (Å²) in [6.45, 7) is 5.52. The molecule has 0 saturated carbocycles. The molecular formula is C13H19NO4S2. The monoisotopic (exact) mass is 317 g/mol. The van der Waals surface area contributed by atoms with Crippen molar-refractivity contribution in [1.29, 1.82) is 0 Å². The van der Waals surface area contributed by atoms with Gasteiger partial charge in [0, 0.05) is 6.04 Å². The Bertz CT molecular complexity index is 736. The molecule has 1 atom stereocenters. The van der Waals surface area contributed by atoms with E-state index in [9.17, 15) is 16.8 Å². The van der Waals surface area contributed by atoms with Gasteiger partial charge < -0.3 is 0 Å². The highest BCUT2D eigenvalue weighted by molar-refractivity contribution is 7.92. The van der Waals surface area contributed by atoms with Crippen LogP contribution in [0.4, 0.5) is 0 Å². The van der Waals surface area contributed by atoms with E-state index >= 15 is 0 Å². The molecule has 1 N–H and O–H groups in total. The van der Waals surface area contributed by atoms with Crippen molar-refractivity contribution in [3.63, 3.8) is 0 Å². The maximum Gasteiger partial charge on any atom is 0.241 e. The van der Waals surface area contributed by atoms with Crippen LogP contribution < -0.4 is 4.72 Å². The van der Waals surface area contributed by atoms with Crippen LogP contribution >= 0.6 is 0 Å². The van der Waals surface area contributed by atoms with Crippen LogP contribution in [0.15, 0.2) is 17.0 Å². The van der Waals surface area contributed by atoms with Crippen molar-refractivity contribution in [3.8, 4) is 0 Å². The Morgan fingerprint density at radius 2 is 1.70 bits per heavy atom. The molecule has 112 valence electrons. The summed E-state index contributed by atoms with van der Waals surface area (Å²) < 4.78 is 50.1. The predicted molar refractivity (Wildman–Crippen MR) is 78.0 cm³/mol. The molecule has 2 rings (SSSR count). The lowest BCUT2D eigenvalue weighted by molar-refractivity contribution is 0.562. The van der Waals surface area contributed by atoms with Crippen molar-refractivity contribution in [2.75, 3.05) is 11.5 Å². The number of hydrogen-bond acceptors (Lipinski definition) is 4. The summed E-state index contributed by atoms with van der Waals surface area (Å²) in [6.07, 6.45) is 0.339. The third-order valence-electron chi connectivity index (χ3n) is 3.64. The topological polar surface area (TPSA) is 80.3 Å². The van der Waals surface area contributed by atoms with E-state index in [4.69, 9.17) is 0 Å². The second kappa shape index (κ2) is 5.13. The van der Waals surface area contributed by atoms with Gasteiger partial charge >= 0.3 is 0 Å². The molecule has 1 fully saturated rings. The van der Waals surface area contributed by atoms with E-state index in [0.717, 1.165) is 11.1 Å². The molecule has 0 aromatic heterocycles. The highest BCUT2D eigenvalue weighted by atomic mass is 32.2. The van der Waals surface area contributed by atoms with Gasteiger partial charge in [0.1, 0.15) is 0 Å². The van der Waals surface area contributed by atoms with Crippen LogP contribution in [0.5, 0.6) is 0 Å². The Balaban J connectivity index is 2.30. The minimum atomic E-state index is -3.68. The van der Waals surface area contributed by atoms with Crippen LogP contribution in [0.2, 0.25) is 0 Å². The fourth-order valence-corrected chi connectivity index (χ4v) is 5.75. The highest BCUT2D eigenvalue weighted by Gasteiger charge is 2.31. The van der Waals surface area contributed by atoms with Crippen LogP contribution in [-0.4, -0.2) is 34.4 Å². The van der Waals surface area contributed by atoms with E-state index in [1.54, 1.807) is 13.0 Å². The van der Waals surface area contributed by atoms with Crippen LogP contribution in [0.3, 0.4) is 0 Å². The van der Waals surface area contributed by atoms with Crippen LogP contribution in [0.1, 0.15) is 23.1 Å². The Hall–Kier alpha value is -0.920. The van der Waals surface area contributed by atoms with Crippen molar-refractivity contribution >= 4 is 19.9 Å². The lowest BCUT2D eigenvalue weighted by atomic mass is 10.1. The second-order valence-corrected chi connectivity index (χ2v) is 9.33. The minimum absolute atomic E-state index is 0.0477. The molecule has 1 saturated heterocycles. The van der Waals surface area contributed by atoms with Gasteiger partial charge in [-0.05, 0) is 49.9 Å². The quantitative estimate of drug-likeness (QED) is 0.904. The molecule has 5 nitrogen and oxygen atoms in total. The third-order valence-corrected chi connectivity index (χ3v) is 7.07. The van der Waals surface area contributed by atoms with E-state index in [1.807, 2.05) is 19.9 Å². The first-order chi connectivity index (χ1) is 9.11. The summed E-state index contributed by atoms with van der Waals surface area (Å²) in [5, 5.41) is 0. The number of rotatable bonds is 3. The summed E-state index contributed by atoms with van der Waals surface area (Å²) >= 11 is 0. The van der Waals surface area contributed by atoms with Crippen LogP contribution in [0, 0.1) is 20.8 Å². The van der Waals surface area contributed by atoms with E-state index < -0.39 is 25.9 Å². The largest absolute Gasteiger partial charge is 0.241 e. The summed E-state index contributed by atoms with van der Waals surface area (Å²) in [4.78, 5) is 0.227. The van der Waals surface area contributed by atoms with Crippen molar-refractivity contribution in [2.24, 2.45) is 0 Å². The smallest absolute Gasteiger partial charge is 0.229 e. The normalized spacial score (nSPS) is 22.1. The molecule has 1 aliphatic heterocycles. The maximum absolute atomic E-state index is 12.4. The molecular weight excluding hydrogens is 298 g/mol.